The maximum atomic E-state index is 6.35. The van der Waals surface area contributed by atoms with Crippen molar-refractivity contribution in [1.29, 1.82) is 0 Å². The molecule has 1 unspecified atom stereocenters. The van der Waals surface area contributed by atoms with E-state index in [9.17, 15) is 0 Å². The zero-order valence-electron chi connectivity index (χ0n) is 28.6. The number of hydrogen-bond acceptors (Lipinski definition) is 1. The fourth-order valence-corrected chi connectivity index (χ4v) is 9.58. The van der Waals surface area contributed by atoms with E-state index in [1.165, 1.54) is 88.7 Å². The van der Waals surface area contributed by atoms with Crippen molar-refractivity contribution in [3.63, 3.8) is 0 Å². The summed E-state index contributed by atoms with van der Waals surface area (Å²) in [7, 11) is 0. The van der Waals surface area contributed by atoms with E-state index in [-0.39, 0.29) is 5.41 Å². The quantitative estimate of drug-likeness (QED) is 0.181. The Morgan fingerprint density at radius 3 is 1.57 bits per heavy atom. The molecule has 8 aromatic carbocycles. The second-order valence-corrected chi connectivity index (χ2v) is 14.8. The van der Waals surface area contributed by atoms with Crippen LogP contribution in [0.2, 0.25) is 0 Å². The Hall–Kier alpha value is -6.18. The fourth-order valence-electron chi connectivity index (χ4n) is 9.58. The summed E-state index contributed by atoms with van der Waals surface area (Å²) >= 11 is 0. The van der Waals surface area contributed by atoms with Crippen LogP contribution in [0.15, 0.2) is 170 Å². The van der Waals surface area contributed by atoms with E-state index in [2.05, 4.69) is 178 Å². The highest BCUT2D eigenvalue weighted by Crippen LogP contribution is 2.62. The van der Waals surface area contributed by atoms with Gasteiger partial charge in [-0.3, -0.25) is 0 Å². The van der Waals surface area contributed by atoms with Crippen molar-refractivity contribution >= 4 is 10.8 Å². The van der Waals surface area contributed by atoms with Crippen LogP contribution in [-0.4, -0.2) is 0 Å². The Kier molecular flexibility index (Phi) is 5.72. The van der Waals surface area contributed by atoms with Crippen LogP contribution in [0.25, 0.3) is 55.3 Å². The minimum atomic E-state index is -0.414. The molecule has 0 fully saturated rings. The highest BCUT2D eigenvalue weighted by atomic mass is 16.5. The highest BCUT2D eigenvalue weighted by Gasteiger charge is 2.50. The van der Waals surface area contributed by atoms with Gasteiger partial charge in [-0.1, -0.05) is 159 Å². The SMILES string of the molecule is CC1(C)c2ccccc2Oc2ccc(-c3ccc(-c4ccc5c(c4)C4(c6ccccc6-5)c5ccccc5-c5cccc6cccc4c56)cc3)cc21. The Bertz CT molecular complexity index is 2740. The lowest BCUT2D eigenvalue weighted by atomic mass is 9.61. The van der Waals surface area contributed by atoms with Gasteiger partial charge in [-0.15, -0.1) is 0 Å². The molecule has 3 aliphatic rings. The van der Waals surface area contributed by atoms with Gasteiger partial charge in [0.15, 0.2) is 0 Å². The van der Waals surface area contributed by atoms with E-state index < -0.39 is 5.41 Å². The third-order valence-corrected chi connectivity index (χ3v) is 12.0. The van der Waals surface area contributed by atoms with Crippen LogP contribution in [0, 0.1) is 0 Å². The Morgan fingerprint density at radius 2 is 0.843 bits per heavy atom. The smallest absolute Gasteiger partial charge is 0.131 e. The van der Waals surface area contributed by atoms with Gasteiger partial charge in [0.05, 0.1) is 5.41 Å². The molecule has 0 aromatic heterocycles. The van der Waals surface area contributed by atoms with Crippen molar-refractivity contribution in [3.05, 3.63) is 203 Å². The average Bonchev–Trinajstić information content (AvgIpc) is 3.47. The van der Waals surface area contributed by atoms with Crippen LogP contribution in [0.1, 0.15) is 47.2 Å². The van der Waals surface area contributed by atoms with Crippen LogP contribution < -0.4 is 4.74 Å². The Morgan fingerprint density at radius 1 is 0.353 bits per heavy atom. The van der Waals surface area contributed by atoms with Crippen LogP contribution in [0.4, 0.5) is 0 Å². The molecule has 1 aliphatic heterocycles. The second-order valence-electron chi connectivity index (χ2n) is 14.8. The number of fused-ring (bicyclic) bond motifs is 11. The molecule has 11 rings (SSSR count). The maximum Gasteiger partial charge on any atom is 0.131 e. The molecule has 1 atom stereocenters. The number of para-hydroxylation sites is 1. The molecule has 0 bridgehead atoms. The molecule has 0 N–H and O–H groups in total. The molecule has 8 aromatic rings. The van der Waals surface area contributed by atoms with Gasteiger partial charge < -0.3 is 4.74 Å². The first-order valence-corrected chi connectivity index (χ1v) is 17.9. The number of hydrogen-bond donors (Lipinski definition) is 0. The molecule has 0 radical (unpaired) electrons. The minimum absolute atomic E-state index is 0.152. The lowest BCUT2D eigenvalue weighted by molar-refractivity contribution is 0.418. The predicted octanol–water partition coefficient (Wildman–Crippen LogP) is 12.9. The van der Waals surface area contributed by atoms with Crippen LogP contribution >= 0.6 is 0 Å². The lowest BCUT2D eigenvalue weighted by Crippen LogP contribution is -2.31. The molecule has 1 heteroatoms. The topological polar surface area (TPSA) is 9.23 Å². The summed E-state index contributed by atoms with van der Waals surface area (Å²) in [6.45, 7) is 4.59. The summed E-state index contributed by atoms with van der Waals surface area (Å²) in [5.74, 6) is 1.89. The van der Waals surface area contributed by atoms with Crippen molar-refractivity contribution in [2.24, 2.45) is 0 Å². The summed E-state index contributed by atoms with van der Waals surface area (Å²) in [4.78, 5) is 0. The second kappa shape index (κ2) is 10.2. The van der Waals surface area contributed by atoms with E-state index in [1.807, 2.05) is 6.07 Å². The van der Waals surface area contributed by atoms with Gasteiger partial charge in [0, 0.05) is 16.5 Å². The standard InChI is InChI=1S/C50H34O/c1-49(2)42-18-7-8-20-46(42)51-47-28-26-35(30-45(47)49)32-23-21-31(22-24-32)34-25-27-38-36-13-3-5-16-40(36)50(44(38)29-34)41-17-6-4-14-37(41)39-15-9-11-33-12-10-19-43(50)48(33)39/h3-30H,1-2H3. The maximum absolute atomic E-state index is 6.35. The van der Waals surface area contributed by atoms with Gasteiger partial charge in [0.25, 0.3) is 0 Å². The average molecular weight is 651 g/mol. The molecule has 1 heterocycles. The summed E-state index contributed by atoms with van der Waals surface area (Å²) in [5, 5.41) is 2.65. The first kappa shape index (κ1) is 28.6. The summed E-state index contributed by atoms with van der Waals surface area (Å²) in [6, 6.07) is 63.1. The van der Waals surface area contributed by atoms with Gasteiger partial charge in [-0.05, 0) is 102 Å². The van der Waals surface area contributed by atoms with Gasteiger partial charge in [-0.2, -0.15) is 0 Å². The number of ether oxygens (including phenoxy) is 1. The molecule has 0 saturated heterocycles. The van der Waals surface area contributed by atoms with Gasteiger partial charge in [0.2, 0.25) is 0 Å². The number of rotatable bonds is 2. The molecule has 0 saturated carbocycles. The monoisotopic (exact) mass is 650 g/mol. The zero-order chi connectivity index (χ0) is 33.9. The largest absolute Gasteiger partial charge is 0.457 e. The van der Waals surface area contributed by atoms with Crippen molar-refractivity contribution in [2.75, 3.05) is 0 Å². The van der Waals surface area contributed by atoms with E-state index in [1.54, 1.807) is 0 Å². The van der Waals surface area contributed by atoms with Crippen molar-refractivity contribution in [3.8, 4) is 56.0 Å². The molecule has 240 valence electrons. The van der Waals surface area contributed by atoms with Crippen molar-refractivity contribution < 1.29 is 4.74 Å². The zero-order valence-corrected chi connectivity index (χ0v) is 28.6. The van der Waals surface area contributed by atoms with Gasteiger partial charge in [-0.25, -0.2) is 0 Å². The normalized spacial score (nSPS) is 16.8. The van der Waals surface area contributed by atoms with Crippen LogP contribution in [-0.2, 0) is 10.8 Å². The molecule has 51 heavy (non-hydrogen) atoms. The van der Waals surface area contributed by atoms with Crippen molar-refractivity contribution in [2.45, 2.75) is 24.7 Å². The molecule has 1 nitrogen and oxygen atoms in total. The van der Waals surface area contributed by atoms with E-state index >= 15 is 0 Å². The van der Waals surface area contributed by atoms with Crippen LogP contribution in [0.3, 0.4) is 0 Å². The van der Waals surface area contributed by atoms with E-state index in [0.29, 0.717) is 0 Å². The number of benzene rings is 8. The highest BCUT2D eigenvalue weighted by molar-refractivity contribution is 6.07. The predicted molar refractivity (Wildman–Crippen MR) is 210 cm³/mol. The Balaban J connectivity index is 1.06. The Labute approximate surface area is 298 Å². The molecular weight excluding hydrogens is 617 g/mol. The molecule has 1 spiro atoms. The van der Waals surface area contributed by atoms with E-state index in [4.69, 9.17) is 4.74 Å². The molecule has 0 amide bonds. The third kappa shape index (κ3) is 3.76. The third-order valence-electron chi connectivity index (χ3n) is 12.0. The summed E-state index contributed by atoms with van der Waals surface area (Å²) < 4.78 is 6.35. The van der Waals surface area contributed by atoms with Crippen LogP contribution in [0.5, 0.6) is 11.5 Å². The van der Waals surface area contributed by atoms with Crippen molar-refractivity contribution in [1.82, 2.24) is 0 Å². The van der Waals surface area contributed by atoms with Gasteiger partial charge in [0.1, 0.15) is 11.5 Å². The first-order valence-electron chi connectivity index (χ1n) is 17.9. The molecule has 2 aliphatic carbocycles. The summed E-state index contributed by atoms with van der Waals surface area (Å²) in [6.07, 6.45) is 0. The lowest BCUT2D eigenvalue weighted by Gasteiger charge is -2.40. The van der Waals surface area contributed by atoms with Gasteiger partial charge >= 0.3 is 0 Å². The summed E-state index contributed by atoms with van der Waals surface area (Å²) in [5.41, 5.74) is 17.5. The molecular formula is C50H34O. The minimum Gasteiger partial charge on any atom is -0.457 e. The first-order chi connectivity index (χ1) is 25.0. The van der Waals surface area contributed by atoms with E-state index in [0.717, 1.165) is 11.5 Å². The fraction of sp³-hybridized carbons (Fsp3) is 0.0800.